The molecule has 0 radical (unpaired) electrons. The second-order valence-electron chi connectivity index (χ2n) is 26.8. The molecule has 436 valence electrons. The Balaban J connectivity index is 0.000000139. The van der Waals surface area contributed by atoms with E-state index in [1.807, 2.05) is 29.5 Å². The van der Waals surface area contributed by atoms with Crippen molar-refractivity contribution in [2.75, 3.05) is 9.80 Å². The van der Waals surface area contributed by atoms with E-state index in [0.29, 0.717) is 0 Å². The third-order valence-corrected chi connectivity index (χ3v) is 22.3. The van der Waals surface area contributed by atoms with Crippen LogP contribution in [0.4, 0.5) is 34.1 Å². The number of benzene rings is 12. The lowest BCUT2D eigenvalue weighted by Crippen LogP contribution is -2.43. The highest BCUT2D eigenvalue weighted by Crippen LogP contribution is 2.60. The summed E-state index contributed by atoms with van der Waals surface area (Å²) in [7, 11) is 0. The minimum Gasteiger partial charge on any atom is -0.456 e. The van der Waals surface area contributed by atoms with Crippen LogP contribution in [0.2, 0.25) is 0 Å². The molecule has 4 heterocycles. The summed E-state index contributed by atoms with van der Waals surface area (Å²) in [5.41, 5.74) is 22.1. The maximum Gasteiger partial charge on any atom is 0.139 e. The molecular formula is C84H66N2O3S. The monoisotopic (exact) mass is 1180 g/mol. The Hall–Kier alpha value is -10.1. The number of thiophene rings is 1. The number of furan rings is 3. The SMILES string of the molecule is CC1(C)c2cc(N(c3ccccc3)c3ccc4c(c3)oc3ccccc34)ccc2-c2ccc3c(oc4ccccc43)c2C1(C)C.CC1(C)c2cc(N(c3ccccc3)c3ccc4sc5ccccc5c4c3)ccc2-c2ccc3c(oc4ccccc43)c2C1(C)C. The van der Waals surface area contributed by atoms with Gasteiger partial charge < -0.3 is 23.1 Å². The molecule has 0 unspecified atom stereocenters. The molecule has 0 atom stereocenters. The molecule has 2 aliphatic rings. The molecule has 0 saturated carbocycles. The van der Waals surface area contributed by atoms with Gasteiger partial charge in [-0.05, 0) is 159 Å². The minimum atomic E-state index is -0.202. The fourth-order valence-corrected chi connectivity index (χ4v) is 16.3. The first-order chi connectivity index (χ1) is 43.7. The van der Waals surface area contributed by atoms with Gasteiger partial charge in [0.2, 0.25) is 0 Å². The van der Waals surface area contributed by atoms with E-state index in [0.717, 1.165) is 78.4 Å². The number of fused-ring (bicyclic) bond motifs is 20. The molecule has 12 aromatic carbocycles. The maximum atomic E-state index is 6.62. The van der Waals surface area contributed by atoms with Gasteiger partial charge in [-0.15, -0.1) is 11.3 Å². The molecule has 5 nitrogen and oxygen atoms in total. The molecule has 18 rings (SSSR count). The van der Waals surface area contributed by atoms with Crippen molar-refractivity contribution in [1.82, 2.24) is 0 Å². The fraction of sp³-hybridized carbons (Fsp3) is 0.143. The first kappa shape index (κ1) is 54.0. The highest BCUT2D eigenvalue weighted by molar-refractivity contribution is 7.25. The van der Waals surface area contributed by atoms with Gasteiger partial charge in [-0.25, -0.2) is 0 Å². The smallest absolute Gasteiger partial charge is 0.139 e. The van der Waals surface area contributed by atoms with E-state index in [1.165, 1.54) is 86.2 Å². The zero-order chi connectivity index (χ0) is 61.0. The van der Waals surface area contributed by atoms with Crippen LogP contribution in [0.15, 0.2) is 268 Å². The Kier molecular flexibility index (Phi) is 11.8. The van der Waals surface area contributed by atoms with Crippen LogP contribution in [0.1, 0.15) is 77.6 Å². The molecule has 4 aromatic heterocycles. The summed E-state index contributed by atoms with van der Waals surface area (Å²) in [6.45, 7) is 19.1. The van der Waals surface area contributed by atoms with E-state index in [2.05, 4.69) is 302 Å². The van der Waals surface area contributed by atoms with Gasteiger partial charge in [-0.3, -0.25) is 0 Å². The van der Waals surface area contributed by atoms with Crippen LogP contribution in [-0.4, -0.2) is 0 Å². The van der Waals surface area contributed by atoms with Crippen LogP contribution >= 0.6 is 11.3 Å². The highest BCUT2D eigenvalue weighted by Gasteiger charge is 2.49. The molecule has 0 spiro atoms. The second-order valence-corrected chi connectivity index (χ2v) is 27.9. The van der Waals surface area contributed by atoms with Gasteiger partial charge in [-0.1, -0.05) is 189 Å². The summed E-state index contributed by atoms with van der Waals surface area (Å²) in [4.78, 5) is 4.75. The lowest BCUT2D eigenvalue weighted by atomic mass is 9.55. The number of hydrogen-bond donors (Lipinski definition) is 0. The quantitative estimate of drug-likeness (QED) is 0.166. The third kappa shape index (κ3) is 7.86. The van der Waals surface area contributed by atoms with E-state index in [-0.39, 0.29) is 21.7 Å². The van der Waals surface area contributed by atoms with Gasteiger partial charge in [-0.2, -0.15) is 0 Å². The first-order valence-electron chi connectivity index (χ1n) is 31.4. The third-order valence-electron chi connectivity index (χ3n) is 21.2. The van der Waals surface area contributed by atoms with E-state index >= 15 is 0 Å². The number of hydrogen-bond acceptors (Lipinski definition) is 6. The Morgan fingerprint density at radius 2 is 0.622 bits per heavy atom. The van der Waals surface area contributed by atoms with Crippen molar-refractivity contribution >= 4 is 131 Å². The van der Waals surface area contributed by atoms with Gasteiger partial charge in [0.05, 0.1) is 0 Å². The van der Waals surface area contributed by atoms with Crippen molar-refractivity contribution in [1.29, 1.82) is 0 Å². The highest BCUT2D eigenvalue weighted by atomic mass is 32.1. The summed E-state index contributed by atoms with van der Waals surface area (Å²) >= 11 is 1.86. The van der Waals surface area contributed by atoms with E-state index in [9.17, 15) is 0 Å². The predicted molar refractivity (Wildman–Crippen MR) is 380 cm³/mol. The zero-order valence-corrected chi connectivity index (χ0v) is 52.6. The van der Waals surface area contributed by atoms with E-state index in [1.54, 1.807) is 0 Å². The summed E-state index contributed by atoms with van der Waals surface area (Å²) < 4.78 is 22.2. The molecule has 16 aromatic rings. The van der Waals surface area contributed by atoms with Gasteiger partial charge in [0.1, 0.15) is 33.5 Å². The molecule has 2 aliphatic carbocycles. The number of rotatable bonds is 6. The van der Waals surface area contributed by atoms with Crippen LogP contribution in [0.3, 0.4) is 0 Å². The van der Waals surface area contributed by atoms with Crippen LogP contribution in [0, 0.1) is 0 Å². The molecule has 0 amide bonds. The average molecular weight is 1180 g/mol. The molecule has 6 heteroatoms. The standard InChI is InChI=1S/C42H33NO2.C42H33NOS/c1-41(2)35-24-27(18-20-29(35)33-22-23-34-31-15-9-11-17-37(31)45-40(34)39(33)42(41,3)4)43(26-12-6-5-7-13-26)28-19-21-32-30-14-8-10-16-36(30)44-38(32)25-28;1-41(2)35-25-28(18-20-29(35)32-21-22-33-30-14-8-10-16-36(30)44-40(33)39(32)42(41,3)4)43(26-12-6-5-7-13-26)27-19-23-38-34(24-27)31-15-9-11-17-37(31)45-38/h2*5-25H,1-4H3. The van der Waals surface area contributed by atoms with Gasteiger partial charge in [0.25, 0.3) is 0 Å². The summed E-state index contributed by atoms with van der Waals surface area (Å²) in [6, 6.07) is 91.8. The average Bonchev–Trinajstić information content (AvgIpc) is 1.03. The lowest BCUT2D eigenvalue weighted by Gasteiger charge is -2.48. The van der Waals surface area contributed by atoms with E-state index in [4.69, 9.17) is 13.3 Å². The molecule has 0 bridgehead atoms. The van der Waals surface area contributed by atoms with Gasteiger partial charge in [0, 0.05) is 115 Å². The number of anilines is 6. The fourth-order valence-electron chi connectivity index (χ4n) is 15.2. The lowest BCUT2D eigenvalue weighted by molar-refractivity contribution is 0.299. The molecule has 0 N–H and O–H groups in total. The Morgan fingerprint density at radius 3 is 1.14 bits per heavy atom. The molecule has 0 aliphatic heterocycles. The van der Waals surface area contributed by atoms with Crippen molar-refractivity contribution in [3.8, 4) is 22.3 Å². The Bertz CT molecular complexity index is 5570. The van der Waals surface area contributed by atoms with Crippen LogP contribution in [-0.2, 0) is 21.7 Å². The summed E-state index contributed by atoms with van der Waals surface area (Å²) in [5, 5.41) is 9.62. The van der Waals surface area contributed by atoms with Crippen LogP contribution in [0.25, 0.3) is 108 Å². The maximum absolute atomic E-state index is 6.62. The van der Waals surface area contributed by atoms with Crippen LogP contribution in [0.5, 0.6) is 0 Å². The van der Waals surface area contributed by atoms with Gasteiger partial charge in [0.15, 0.2) is 0 Å². The largest absolute Gasteiger partial charge is 0.456 e. The number of para-hydroxylation sites is 5. The Morgan fingerprint density at radius 1 is 0.256 bits per heavy atom. The molecule has 0 saturated heterocycles. The summed E-state index contributed by atoms with van der Waals surface area (Å²) in [6.07, 6.45) is 0. The summed E-state index contributed by atoms with van der Waals surface area (Å²) in [5.74, 6) is 0. The first-order valence-corrected chi connectivity index (χ1v) is 32.2. The predicted octanol–water partition coefficient (Wildman–Crippen LogP) is 24.9. The minimum absolute atomic E-state index is 0.172. The number of nitrogens with zero attached hydrogens (tertiary/aromatic N) is 2. The van der Waals surface area contributed by atoms with E-state index < -0.39 is 0 Å². The van der Waals surface area contributed by atoms with Crippen LogP contribution < -0.4 is 9.80 Å². The van der Waals surface area contributed by atoms with Crippen molar-refractivity contribution in [3.63, 3.8) is 0 Å². The van der Waals surface area contributed by atoms with Crippen molar-refractivity contribution < 1.29 is 13.3 Å². The van der Waals surface area contributed by atoms with Crippen molar-refractivity contribution in [2.24, 2.45) is 0 Å². The molecule has 0 fully saturated rings. The zero-order valence-electron chi connectivity index (χ0n) is 51.8. The van der Waals surface area contributed by atoms with Crippen molar-refractivity contribution in [2.45, 2.75) is 77.0 Å². The Labute approximate surface area is 527 Å². The van der Waals surface area contributed by atoms with Crippen molar-refractivity contribution in [3.05, 3.63) is 277 Å². The molecular weight excluding hydrogens is 1120 g/mol. The topological polar surface area (TPSA) is 45.9 Å². The van der Waals surface area contributed by atoms with Gasteiger partial charge >= 0.3 is 0 Å². The normalized spacial score (nSPS) is 15.0. The molecule has 90 heavy (non-hydrogen) atoms. The second kappa shape index (κ2) is 19.7.